The summed E-state index contributed by atoms with van der Waals surface area (Å²) in [5.74, 6) is 1.18. The lowest BCUT2D eigenvalue weighted by Crippen LogP contribution is -2.38. The molecule has 1 fully saturated rings. The summed E-state index contributed by atoms with van der Waals surface area (Å²) in [7, 11) is 0. The summed E-state index contributed by atoms with van der Waals surface area (Å²) < 4.78 is 2.91. The van der Waals surface area contributed by atoms with Crippen LogP contribution in [0.15, 0.2) is 61.1 Å². The monoisotopic (exact) mass is 389 g/mol. The molecule has 0 saturated carbocycles. The number of hydrogen-bond acceptors (Lipinski definition) is 5. The molecular formula is C21H19N5OS. The number of fused-ring (bicyclic) bond motifs is 1. The maximum atomic E-state index is 12.8. The number of aromatic nitrogens is 4. The number of carbonyl (C=O) groups is 1. The second-order valence-electron chi connectivity index (χ2n) is 6.94. The Morgan fingerprint density at radius 1 is 1.07 bits per heavy atom. The van der Waals surface area contributed by atoms with Crippen LogP contribution in [0.25, 0.3) is 16.0 Å². The van der Waals surface area contributed by atoms with Gasteiger partial charge in [-0.25, -0.2) is 14.6 Å². The van der Waals surface area contributed by atoms with E-state index in [4.69, 9.17) is 4.98 Å². The van der Waals surface area contributed by atoms with Gasteiger partial charge < -0.3 is 4.90 Å². The maximum Gasteiger partial charge on any atom is 0.255 e. The molecule has 0 unspecified atom stereocenters. The SMILES string of the molecule is O=C(c1ccc(-n2cccn2)nc1)N1CCC(c2nc3ccccc3s2)CC1. The van der Waals surface area contributed by atoms with E-state index in [9.17, 15) is 4.79 Å². The molecule has 0 N–H and O–H groups in total. The molecular weight excluding hydrogens is 370 g/mol. The number of amides is 1. The highest BCUT2D eigenvalue weighted by Gasteiger charge is 2.26. The van der Waals surface area contributed by atoms with Gasteiger partial charge in [-0.1, -0.05) is 12.1 Å². The number of carbonyl (C=O) groups excluding carboxylic acids is 1. The van der Waals surface area contributed by atoms with E-state index in [1.807, 2.05) is 35.4 Å². The van der Waals surface area contributed by atoms with Crippen molar-refractivity contribution in [3.8, 4) is 5.82 Å². The van der Waals surface area contributed by atoms with Crippen molar-refractivity contribution in [2.45, 2.75) is 18.8 Å². The number of para-hydroxylation sites is 1. The molecule has 6 nitrogen and oxygen atoms in total. The molecule has 0 radical (unpaired) electrons. The highest BCUT2D eigenvalue weighted by molar-refractivity contribution is 7.18. The highest BCUT2D eigenvalue weighted by Crippen LogP contribution is 2.34. The highest BCUT2D eigenvalue weighted by atomic mass is 32.1. The normalized spacial score (nSPS) is 15.2. The number of hydrogen-bond donors (Lipinski definition) is 0. The lowest BCUT2D eigenvalue weighted by atomic mass is 9.97. The molecule has 0 atom stereocenters. The van der Waals surface area contributed by atoms with E-state index in [1.54, 1.807) is 28.4 Å². The van der Waals surface area contributed by atoms with Crippen LogP contribution >= 0.6 is 11.3 Å². The largest absolute Gasteiger partial charge is 0.339 e. The van der Waals surface area contributed by atoms with Crippen molar-refractivity contribution in [2.24, 2.45) is 0 Å². The van der Waals surface area contributed by atoms with Gasteiger partial charge in [0.1, 0.15) is 0 Å². The van der Waals surface area contributed by atoms with Crippen molar-refractivity contribution in [1.82, 2.24) is 24.6 Å². The summed E-state index contributed by atoms with van der Waals surface area (Å²) in [6, 6.07) is 13.8. The first-order valence-corrected chi connectivity index (χ1v) is 10.2. The molecule has 1 amide bonds. The Morgan fingerprint density at radius 3 is 2.64 bits per heavy atom. The first kappa shape index (κ1) is 17.1. The topological polar surface area (TPSA) is 63.9 Å². The Balaban J connectivity index is 1.25. The fourth-order valence-electron chi connectivity index (χ4n) is 3.63. The van der Waals surface area contributed by atoms with Crippen LogP contribution in [-0.2, 0) is 0 Å². The summed E-state index contributed by atoms with van der Waals surface area (Å²) in [5, 5.41) is 5.35. The van der Waals surface area contributed by atoms with Gasteiger partial charge in [0, 0.05) is 37.6 Å². The molecule has 0 bridgehead atoms. The Labute approximate surface area is 166 Å². The van der Waals surface area contributed by atoms with Gasteiger partial charge in [-0.05, 0) is 43.2 Å². The molecule has 1 aliphatic heterocycles. The molecule has 140 valence electrons. The molecule has 4 aromatic rings. The van der Waals surface area contributed by atoms with Crippen molar-refractivity contribution in [2.75, 3.05) is 13.1 Å². The van der Waals surface area contributed by atoms with Crippen LogP contribution in [0.1, 0.15) is 34.1 Å². The van der Waals surface area contributed by atoms with Crippen LogP contribution in [0.2, 0.25) is 0 Å². The van der Waals surface area contributed by atoms with Gasteiger partial charge >= 0.3 is 0 Å². The van der Waals surface area contributed by atoms with E-state index < -0.39 is 0 Å². The predicted molar refractivity (Wildman–Crippen MR) is 109 cm³/mol. The summed E-state index contributed by atoms with van der Waals surface area (Å²) in [5.41, 5.74) is 1.69. The van der Waals surface area contributed by atoms with Crippen molar-refractivity contribution in [3.63, 3.8) is 0 Å². The molecule has 0 spiro atoms. The first-order valence-electron chi connectivity index (χ1n) is 9.39. The molecule has 3 aromatic heterocycles. The van der Waals surface area contributed by atoms with Crippen LogP contribution in [0.5, 0.6) is 0 Å². The van der Waals surface area contributed by atoms with Crippen LogP contribution in [0.4, 0.5) is 0 Å². The molecule has 0 aliphatic carbocycles. The molecule has 1 saturated heterocycles. The minimum absolute atomic E-state index is 0.0438. The number of piperidine rings is 1. The fourth-order valence-corrected chi connectivity index (χ4v) is 4.77. The van der Waals surface area contributed by atoms with E-state index in [1.165, 1.54) is 9.71 Å². The molecule has 1 aliphatic rings. The first-order chi connectivity index (χ1) is 13.8. The number of thiazole rings is 1. The standard InChI is InChI=1S/C21H19N5OS/c27-21(16-6-7-19(22-14-16)26-11-3-10-23-26)25-12-8-15(9-13-25)20-24-17-4-1-2-5-18(17)28-20/h1-7,10-11,14-15H,8-9,12-13H2. The second-order valence-corrected chi connectivity index (χ2v) is 8.00. The third-order valence-electron chi connectivity index (χ3n) is 5.18. The average Bonchev–Trinajstić information content (AvgIpc) is 3.43. The molecule has 4 heterocycles. The van der Waals surface area contributed by atoms with Gasteiger partial charge in [-0.15, -0.1) is 11.3 Å². The van der Waals surface area contributed by atoms with E-state index in [-0.39, 0.29) is 5.91 Å². The molecule has 5 rings (SSSR count). The van der Waals surface area contributed by atoms with Gasteiger partial charge in [0.05, 0.1) is 20.8 Å². The quantitative estimate of drug-likeness (QED) is 0.533. The minimum atomic E-state index is 0.0438. The van der Waals surface area contributed by atoms with Crippen LogP contribution in [0.3, 0.4) is 0 Å². The third-order valence-corrected chi connectivity index (χ3v) is 6.37. The molecule has 7 heteroatoms. The Kier molecular flexibility index (Phi) is 4.37. The zero-order chi connectivity index (χ0) is 18.9. The van der Waals surface area contributed by atoms with Crippen LogP contribution in [0, 0.1) is 0 Å². The summed E-state index contributed by atoms with van der Waals surface area (Å²) in [6.45, 7) is 1.50. The molecule has 1 aromatic carbocycles. The fraction of sp³-hybridized carbons (Fsp3) is 0.238. The second kappa shape index (κ2) is 7.16. The summed E-state index contributed by atoms with van der Waals surface area (Å²) >= 11 is 1.78. The van der Waals surface area contributed by atoms with Crippen LogP contribution in [-0.4, -0.2) is 43.6 Å². The van der Waals surface area contributed by atoms with E-state index in [2.05, 4.69) is 28.3 Å². The maximum absolute atomic E-state index is 12.8. The van der Waals surface area contributed by atoms with E-state index in [0.29, 0.717) is 17.3 Å². The van der Waals surface area contributed by atoms with E-state index >= 15 is 0 Å². The third kappa shape index (κ3) is 3.18. The zero-order valence-electron chi connectivity index (χ0n) is 15.2. The number of pyridine rings is 1. The van der Waals surface area contributed by atoms with Crippen LogP contribution < -0.4 is 0 Å². The van der Waals surface area contributed by atoms with Crippen molar-refractivity contribution in [1.29, 1.82) is 0 Å². The lowest BCUT2D eigenvalue weighted by molar-refractivity contribution is 0.0712. The number of likely N-dealkylation sites (tertiary alicyclic amines) is 1. The van der Waals surface area contributed by atoms with Crippen molar-refractivity contribution >= 4 is 27.5 Å². The Morgan fingerprint density at radius 2 is 1.93 bits per heavy atom. The smallest absolute Gasteiger partial charge is 0.255 e. The lowest BCUT2D eigenvalue weighted by Gasteiger charge is -2.31. The van der Waals surface area contributed by atoms with Crippen molar-refractivity contribution < 1.29 is 4.79 Å². The van der Waals surface area contributed by atoms with Gasteiger partial charge in [0.2, 0.25) is 0 Å². The van der Waals surface area contributed by atoms with Gasteiger partial charge in [0.15, 0.2) is 5.82 Å². The number of benzene rings is 1. The number of nitrogens with zero attached hydrogens (tertiary/aromatic N) is 5. The van der Waals surface area contributed by atoms with Gasteiger partial charge in [-0.2, -0.15) is 5.10 Å². The number of rotatable bonds is 3. The molecule has 28 heavy (non-hydrogen) atoms. The van der Waals surface area contributed by atoms with E-state index in [0.717, 1.165) is 31.4 Å². The summed E-state index contributed by atoms with van der Waals surface area (Å²) in [4.78, 5) is 23.9. The van der Waals surface area contributed by atoms with Crippen molar-refractivity contribution in [3.05, 3.63) is 71.6 Å². The summed E-state index contributed by atoms with van der Waals surface area (Å²) in [6.07, 6.45) is 7.07. The zero-order valence-corrected chi connectivity index (χ0v) is 16.0. The van der Waals surface area contributed by atoms with Gasteiger partial charge in [0.25, 0.3) is 5.91 Å². The predicted octanol–water partition coefficient (Wildman–Crippen LogP) is 3.90. The average molecular weight is 389 g/mol. The minimum Gasteiger partial charge on any atom is -0.339 e. The Bertz CT molecular complexity index is 1060. The van der Waals surface area contributed by atoms with Gasteiger partial charge in [-0.3, -0.25) is 4.79 Å². The Hall–Kier alpha value is -3.06.